The van der Waals surface area contributed by atoms with Crippen LogP contribution in [-0.4, -0.2) is 18.2 Å². The van der Waals surface area contributed by atoms with Gasteiger partial charge < -0.3 is 9.84 Å². The van der Waals surface area contributed by atoms with Crippen molar-refractivity contribution in [1.82, 2.24) is 0 Å². The molecule has 0 heterocycles. The van der Waals surface area contributed by atoms with E-state index in [4.69, 9.17) is 4.74 Å². The first-order valence-electron chi connectivity index (χ1n) is 7.53. The van der Waals surface area contributed by atoms with E-state index in [-0.39, 0.29) is 5.92 Å². The molecule has 1 rings (SSSR count). The van der Waals surface area contributed by atoms with Crippen molar-refractivity contribution in [3.05, 3.63) is 29.8 Å². The Hall–Kier alpha value is -1.51. The van der Waals surface area contributed by atoms with Crippen molar-refractivity contribution in [2.75, 3.05) is 7.11 Å². The van der Waals surface area contributed by atoms with Crippen LogP contribution in [-0.2, 0) is 11.2 Å². The van der Waals surface area contributed by atoms with Gasteiger partial charge in [0.1, 0.15) is 5.75 Å². The molecule has 3 heteroatoms. The largest absolute Gasteiger partial charge is 0.496 e. The van der Waals surface area contributed by atoms with Gasteiger partial charge >= 0.3 is 5.97 Å². The molecule has 1 N–H and O–H groups in total. The van der Waals surface area contributed by atoms with Gasteiger partial charge in [-0.15, -0.1) is 0 Å². The molecule has 1 aromatic carbocycles. The fourth-order valence-corrected chi connectivity index (χ4v) is 2.44. The Labute approximate surface area is 122 Å². The maximum atomic E-state index is 11.4. The van der Waals surface area contributed by atoms with Crippen molar-refractivity contribution in [2.24, 2.45) is 5.92 Å². The number of para-hydroxylation sites is 1. The number of unbranched alkanes of at least 4 members (excludes halogenated alkanes) is 4. The molecule has 0 bridgehead atoms. The third-order valence-electron chi connectivity index (χ3n) is 3.66. The highest BCUT2D eigenvalue weighted by molar-refractivity contribution is 5.70. The first kappa shape index (κ1) is 16.5. The lowest BCUT2D eigenvalue weighted by Gasteiger charge is -2.14. The number of benzene rings is 1. The van der Waals surface area contributed by atoms with E-state index >= 15 is 0 Å². The highest BCUT2D eigenvalue weighted by atomic mass is 16.5. The third-order valence-corrected chi connectivity index (χ3v) is 3.66. The molecule has 0 aliphatic carbocycles. The maximum absolute atomic E-state index is 11.4. The molecule has 0 aliphatic rings. The lowest BCUT2D eigenvalue weighted by Crippen LogP contribution is -2.17. The predicted molar refractivity (Wildman–Crippen MR) is 81.2 cm³/mol. The molecule has 3 nitrogen and oxygen atoms in total. The molecule has 0 aliphatic heterocycles. The number of carbonyl (C=O) groups is 1. The molecular formula is C17H26O3. The van der Waals surface area contributed by atoms with Crippen molar-refractivity contribution < 1.29 is 14.6 Å². The van der Waals surface area contributed by atoms with Gasteiger partial charge in [-0.25, -0.2) is 0 Å². The first-order valence-corrected chi connectivity index (χ1v) is 7.53. The number of hydrogen-bond donors (Lipinski definition) is 1. The van der Waals surface area contributed by atoms with Crippen LogP contribution in [0.4, 0.5) is 0 Å². The second kappa shape index (κ2) is 9.40. The van der Waals surface area contributed by atoms with Crippen molar-refractivity contribution in [1.29, 1.82) is 0 Å². The Kier molecular flexibility index (Phi) is 7.78. The summed E-state index contributed by atoms with van der Waals surface area (Å²) in [6, 6.07) is 7.67. The number of hydrogen-bond acceptors (Lipinski definition) is 2. The van der Waals surface area contributed by atoms with Gasteiger partial charge in [-0.3, -0.25) is 4.79 Å². The average molecular weight is 278 g/mol. The summed E-state index contributed by atoms with van der Waals surface area (Å²) in [4.78, 5) is 11.4. The molecule has 1 atom stereocenters. The predicted octanol–water partition coefficient (Wildman–Crippen LogP) is 4.30. The molecule has 112 valence electrons. The lowest BCUT2D eigenvalue weighted by atomic mass is 9.93. The highest BCUT2D eigenvalue weighted by Gasteiger charge is 2.19. The van der Waals surface area contributed by atoms with Crippen LogP contribution in [0.3, 0.4) is 0 Å². The van der Waals surface area contributed by atoms with E-state index in [9.17, 15) is 9.90 Å². The summed E-state index contributed by atoms with van der Waals surface area (Å²) in [5.41, 5.74) is 0.982. The Morgan fingerprint density at radius 2 is 1.90 bits per heavy atom. The molecule has 0 saturated carbocycles. The fourth-order valence-electron chi connectivity index (χ4n) is 2.44. The number of carboxylic acids is 1. The Bertz CT molecular complexity index is 401. The monoisotopic (exact) mass is 278 g/mol. The zero-order valence-electron chi connectivity index (χ0n) is 12.6. The van der Waals surface area contributed by atoms with Gasteiger partial charge in [0.2, 0.25) is 0 Å². The van der Waals surface area contributed by atoms with Crippen LogP contribution < -0.4 is 4.74 Å². The molecule has 0 aromatic heterocycles. The smallest absolute Gasteiger partial charge is 0.306 e. The second-order valence-corrected chi connectivity index (χ2v) is 5.25. The van der Waals surface area contributed by atoms with Gasteiger partial charge in [0.15, 0.2) is 0 Å². The summed E-state index contributed by atoms with van der Waals surface area (Å²) in [5, 5.41) is 9.36. The number of rotatable bonds is 10. The number of ether oxygens (including phenoxy) is 1. The van der Waals surface area contributed by atoms with Gasteiger partial charge in [-0.2, -0.15) is 0 Å². The number of carboxylic acid groups (broad SMARTS) is 1. The van der Waals surface area contributed by atoms with Gasteiger partial charge in [-0.05, 0) is 24.5 Å². The molecule has 0 radical (unpaired) electrons. The zero-order chi connectivity index (χ0) is 14.8. The molecule has 0 fully saturated rings. The summed E-state index contributed by atoms with van der Waals surface area (Å²) in [5.74, 6) is -0.232. The minimum atomic E-state index is -0.702. The van der Waals surface area contributed by atoms with Gasteiger partial charge in [0.25, 0.3) is 0 Å². The molecule has 1 unspecified atom stereocenters. The SMILES string of the molecule is CCCCCCCC(Cc1ccccc1OC)C(=O)O. The highest BCUT2D eigenvalue weighted by Crippen LogP contribution is 2.24. The minimum absolute atomic E-state index is 0.312. The van der Waals surface area contributed by atoms with Gasteiger partial charge in [-0.1, -0.05) is 57.2 Å². The maximum Gasteiger partial charge on any atom is 0.306 e. The normalized spacial score (nSPS) is 12.1. The molecule has 1 aromatic rings. The van der Waals surface area contributed by atoms with Crippen molar-refractivity contribution >= 4 is 5.97 Å². The lowest BCUT2D eigenvalue weighted by molar-refractivity contribution is -0.142. The Morgan fingerprint density at radius 1 is 1.20 bits per heavy atom. The van der Waals surface area contributed by atoms with E-state index in [1.54, 1.807) is 7.11 Å². The number of aliphatic carboxylic acids is 1. The molecule has 20 heavy (non-hydrogen) atoms. The van der Waals surface area contributed by atoms with Crippen molar-refractivity contribution in [2.45, 2.75) is 51.9 Å². The summed E-state index contributed by atoms with van der Waals surface area (Å²) in [7, 11) is 1.62. The molecular weight excluding hydrogens is 252 g/mol. The Morgan fingerprint density at radius 3 is 2.55 bits per heavy atom. The summed E-state index contributed by atoms with van der Waals surface area (Å²) in [6.07, 6.45) is 7.07. The fraction of sp³-hybridized carbons (Fsp3) is 0.588. The van der Waals surface area contributed by atoms with Crippen LogP contribution in [0.5, 0.6) is 5.75 Å². The summed E-state index contributed by atoms with van der Waals surface area (Å²) < 4.78 is 5.29. The van der Waals surface area contributed by atoms with E-state index in [1.807, 2.05) is 24.3 Å². The van der Waals surface area contributed by atoms with Crippen molar-refractivity contribution in [3.63, 3.8) is 0 Å². The van der Waals surface area contributed by atoms with Crippen LogP contribution in [0.1, 0.15) is 51.0 Å². The number of methoxy groups -OCH3 is 1. The van der Waals surface area contributed by atoms with Gasteiger partial charge in [0.05, 0.1) is 13.0 Å². The van der Waals surface area contributed by atoms with Crippen LogP contribution in [0, 0.1) is 5.92 Å². The molecule has 0 spiro atoms. The average Bonchev–Trinajstić information content (AvgIpc) is 2.46. The van der Waals surface area contributed by atoms with Crippen LogP contribution in [0.25, 0.3) is 0 Å². The molecule has 0 amide bonds. The van der Waals surface area contributed by atoms with E-state index in [0.717, 1.165) is 30.6 Å². The minimum Gasteiger partial charge on any atom is -0.496 e. The van der Waals surface area contributed by atoms with E-state index in [0.29, 0.717) is 6.42 Å². The third kappa shape index (κ3) is 5.64. The van der Waals surface area contributed by atoms with E-state index in [1.165, 1.54) is 19.3 Å². The van der Waals surface area contributed by atoms with E-state index in [2.05, 4.69) is 6.92 Å². The van der Waals surface area contributed by atoms with Crippen LogP contribution in [0.15, 0.2) is 24.3 Å². The van der Waals surface area contributed by atoms with E-state index < -0.39 is 5.97 Å². The topological polar surface area (TPSA) is 46.5 Å². The molecule has 0 saturated heterocycles. The summed E-state index contributed by atoms with van der Waals surface area (Å²) in [6.45, 7) is 2.18. The van der Waals surface area contributed by atoms with Crippen molar-refractivity contribution in [3.8, 4) is 5.75 Å². The van der Waals surface area contributed by atoms with Crippen LogP contribution >= 0.6 is 0 Å². The van der Waals surface area contributed by atoms with Gasteiger partial charge in [0, 0.05) is 0 Å². The Balaban J connectivity index is 2.52. The zero-order valence-corrected chi connectivity index (χ0v) is 12.6. The second-order valence-electron chi connectivity index (χ2n) is 5.25. The summed E-state index contributed by atoms with van der Waals surface area (Å²) >= 11 is 0. The standard InChI is InChI=1S/C17H26O3/c1-3-4-5-6-7-11-15(17(18)19)13-14-10-8-9-12-16(14)20-2/h8-10,12,15H,3-7,11,13H2,1-2H3,(H,18,19). The van der Waals surface area contributed by atoms with Crippen LogP contribution in [0.2, 0.25) is 0 Å². The first-order chi connectivity index (χ1) is 9.69. The quantitative estimate of drug-likeness (QED) is 0.649.